The lowest BCUT2D eigenvalue weighted by molar-refractivity contribution is -0.142. The first-order chi connectivity index (χ1) is 7.52. The van der Waals surface area contributed by atoms with E-state index in [1.54, 1.807) is 13.8 Å². The number of ether oxygens (including phenoxy) is 2. The number of hydrogen-bond donors (Lipinski definition) is 1. The third-order valence-corrected chi connectivity index (χ3v) is 3.01. The highest BCUT2D eigenvalue weighted by atomic mass is 32.2. The average Bonchev–Trinajstić information content (AvgIpc) is 2.18. The summed E-state index contributed by atoms with van der Waals surface area (Å²) in [5.41, 5.74) is 0. The van der Waals surface area contributed by atoms with Crippen LogP contribution in [0.1, 0.15) is 20.3 Å². The van der Waals surface area contributed by atoms with E-state index < -0.39 is 16.0 Å². The molecule has 0 radical (unpaired) electrons. The van der Waals surface area contributed by atoms with Crippen molar-refractivity contribution in [1.29, 1.82) is 0 Å². The molecule has 6 nitrogen and oxygen atoms in total. The minimum atomic E-state index is -3.35. The zero-order valence-corrected chi connectivity index (χ0v) is 10.5. The molecule has 0 aliphatic heterocycles. The molecule has 0 aromatic carbocycles. The van der Waals surface area contributed by atoms with Crippen molar-refractivity contribution < 1.29 is 22.7 Å². The van der Waals surface area contributed by atoms with E-state index in [0.29, 0.717) is 13.2 Å². The molecule has 7 heteroatoms. The Labute approximate surface area is 96.4 Å². The Morgan fingerprint density at radius 1 is 1.25 bits per heavy atom. The summed E-state index contributed by atoms with van der Waals surface area (Å²) in [4.78, 5) is 10.9. The molecule has 0 aliphatic carbocycles. The first-order valence-electron chi connectivity index (χ1n) is 5.22. The van der Waals surface area contributed by atoms with Crippen LogP contribution in [0.25, 0.3) is 0 Å². The van der Waals surface area contributed by atoms with Crippen LogP contribution in [0.2, 0.25) is 0 Å². The Morgan fingerprint density at radius 3 is 2.50 bits per heavy atom. The first-order valence-corrected chi connectivity index (χ1v) is 6.87. The van der Waals surface area contributed by atoms with Crippen LogP contribution in [0.4, 0.5) is 0 Å². The number of esters is 1. The van der Waals surface area contributed by atoms with Gasteiger partial charge in [-0.2, -0.15) is 0 Å². The van der Waals surface area contributed by atoms with Crippen molar-refractivity contribution in [3.63, 3.8) is 0 Å². The molecule has 0 rings (SSSR count). The molecule has 0 aliphatic rings. The molecule has 0 atom stereocenters. The monoisotopic (exact) mass is 253 g/mol. The summed E-state index contributed by atoms with van der Waals surface area (Å²) in [5.74, 6) is -0.501. The minimum absolute atomic E-state index is 0.0434. The second kappa shape index (κ2) is 8.49. The predicted octanol–water partition coefficient (Wildman–Crippen LogP) is -0.104. The van der Waals surface area contributed by atoms with Crippen molar-refractivity contribution in [2.24, 2.45) is 0 Å². The van der Waals surface area contributed by atoms with E-state index in [1.807, 2.05) is 0 Å². The highest BCUT2D eigenvalue weighted by molar-refractivity contribution is 7.89. The maximum Gasteiger partial charge on any atom is 0.307 e. The van der Waals surface area contributed by atoms with Crippen molar-refractivity contribution in [3.8, 4) is 0 Å². The summed E-state index contributed by atoms with van der Waals surface area (Å²) in [7, 11) is -3.35. The summed E-state index contributed by atoms with van der Waals surface area (Å²) in [6, 6.07) is 0. The number of carbonyl (C=O) groups excluding carboxylic acids is 1. The van der Waals surface area contributed by atoms with E-state index in [4.69, 9.17) is 4.74 Å². The van der Waals surface area contributed by atoms with E-state index in [0.717, 1.165) is 0 Å². The second-order valence-corrected chi connectivity index (χ2v) is 4.89. The molecular weight excluding hydrogens is 234 g/mol. The van der Waals surface area contributed by atoms with Crippen LogP contribution >= 0.6 is 0 Å². The molecule has 16 heavy (non-hydrogen) atoms. The molecule has 0 spiro atoms. The van der Waals surface area contributed by atoms with Crippen molar-refractivity contribution in [3.05, 3.63) is 0 Å². The Balaban J connectivity index is 3.69. The van der Waals surface area contributed by atoms with Gasteiger partial charge in [0, 0.05) is 13.2 Å². The van der Waals surface area contributed by atoms with Crippen molar-refractivity contribution in [2.75, 3.05) is 32.1 Å². The number of sulfonamides is 1. The van der Waals surface area contributed by atoms with Crippen LogP contribution in [-0.4, -0.2) is 46.5 Å². The van der Waals surface area contributed by atoms with Gasteiger partial charge in [0.15, 0.2) is 0 Å². The van der Waals surface area contributed by atoms with E-state index in [2.05, 4.69) is 9.46 Å². The topological polar surface area (TPSA) is 81.7 Å². The zero-order valence-electron chi connectivity index (χ0n) is 9.69. The van der Waals surface area contributed by atoms with Gasteiger partial charge in [0.2, 0.25) is 10.0 Å². The first kappa shape index (κ1) is 15.3. The van der Waals surface area contributed by atoms with Gasteiger partial charge in [-0.15, -0.1) is 0 Å². The summed E-state index contributed by atoms with van der Waals surface area (Å²) in [6.45, 7) is 4.50. The molecular formula is C9H19NO5S. The maximum atomic E-state index is 11.3. The molecule has 0 bridgehead atoms. The van der Waals surface area contributed by atoms with Crippen LogP contribution in [0, 0.1) is 0 Å². The number of rotatable bonds is 9. The standard InChI is InChI=1S/C9H19NO5S/c1-3-14-7-8-16(12,13)10-6-5-9(11)15-4-2/h10H,3-8H2,1-2H3. The molecule has 96 valence electrons. The van der Waals surface area contributed by atoms with Crippen LogP contribution < -0.4 is 4.72 Å². The van der Waals surface area contributed by atoms with Crippen molar-refractivity contribution in [1.82, 2.24) is 4.72 Å². The van der Waals surface area contributed by atoms with Crippen molar-refractivity contribution in [2.45, 2.75) is 20.3 Å². The van der Waals surface area contributed by atoms with Gasteiger partial charge in [0.05, 0.1) is 25.4 Å². The Kier molecular flexibility index (Phi) is 8.14. The number of carbonyl (C=O) groups is 1. The maximum absolute atomic E-state index is 11.3. The summed E-state index contributed by atoms with van der Waals surface area (Å²) in [5, 5.41) is 0. The normalized spacial score (nSPS) is 11.4. The Hall–Kier alpha value is -0.660. The molecule has 0 saturated carbocycles. The van der Waals surface area contributed by atoms with Gasteiger partial charge in [-0.1, -0.05) is 0 Å². The Morgan fingerprint density at radius 2 is 1.94 bits per heavy atom. The smallest absolute Gasteiger partial charge is 0.307 e. The largest absolute Gasteiger partial charge is 0.466 e. The molecule has 0 fully saturated rings. The lowest BCUT2D eigenvalue weighted by atomic mass is 10.4. The highest BCUT2D eigenvalue weighted by Gasteiger charge is 2.10. The quantitative estimate of drug-likeness (QED) is 0.458. The SMILES string of the molecule is CCOCCS(=O)(=O)NCCC(=O)OCC. The molecule has 0 aromatic rings. The molecule has 0 saturated heterocycles. The van der Waals surface area contributed by atoms with Gasteiger partial charge in [0.25, 0.3) is 0 Å². The lowest BCUT2D eigenvalue weighted by Crippen LogP contribution is -2.30. The Bertz CT molecular complexity index is 288. The van der Waals surface area contributed by atoms with Gasteiger partial charge < -0.3 is 9.47 Å². The third-order valence-electron chi connectivity index (χ3n) is 1.66. The van der Waals surface area contributed by atoms with Crippen LogP contribution in [-0.2, 0) is 24.3 Å². The predicted molar refractivity (Wildman–Crippen MR) is 59.5 cm³/mol. The van der Waals surface area contributed by atoms with E-state index in [-0.39, 0.29) is 25.3 Å². The summed E-state index contributed by atoms with van der Waals surface area (Å²) >= 11 is 0. The van der Waals surface area contributed by atoms with Crippen LogP contribution in [0.3, 0.4) is 0 Å². The lowest BCUT2D eigenvalue weighted by Gasteiger charge is -2.06. The van der Waals surface area contributed by atoms with Gasteiger partial charge >= 0.3 is 5.97 Å². The number of nitrogens with one attached hydrogen (secondary N) is 1. The van der Waals surface area contributed by atoms with Gasteiger partial charge in [-0.3, -0.25) is 4.79 Å². The molecule has 0 heterocycles. The average molecular weight is 253 g/mol. The fraction of sp³-hybridized carbons (Fsp3) is 0.889. The fourth-order valence-corrected chi connectivity index (χ4v) is 1.82. The third kappa shape index (κ3) is 8.63. The minimum Gasteiger partial charge on any atom is -0.466 e. The summed E-state index contributed by atoms with van der Waals surface area (Å²) < 4.78 is 34.5. The van der Waals surface area contributed by atoms with Gasteiger partial charge in [-0.05, 0) is 13.8 Å². The molecule has 0 amide bonds. The highest BCUT2D eigenvalue weighted by Crippen LogP contribution is 1.89. The molecule has 0 aromatic heterocycles. The van der Waals surface area contributed by atoms with Gasteiger partial charge in [-0.25, -0.2) is 13.1 Å². The van der Waals surface area contributed by atoms with Crippen molar-refractivity contribution >= 4 is 16.0 Å². The van der Waals surface area contributed by atoms with Gasteiger partial charge in [0.1, 0.15) is 0 Å². The molecule has 1 N–H and O–H groups in total. The zero-order chi connectivity index (χ0) is 12.4. The van der Waals surface area contributed by atoms with Crippen LogP contribution in [0.15, 0.2) is 0 Å². The van der Waals surface area contributed by atoms with E-state index in [1.165, 1.54) is 0 Å². The molecule has 0 unspecified atom stereocenters. The van der Waals surface area contributed by atoms with E-state index >= 15 is 0 Å². The second-order valence-electron chi connectivity index (χ2n) is 2.97. The summed E-state index contributed by atoms with van der Waals surface area (Å²) in [6.07, 6.45) is 0.0434. The van der Waals surface area contributed by atoms with E-state index in [9.17, 15) is 13.2 Å². The van der Waals surface area contributed by atoms with Crippen LogP contribution in [0.5, 0.6) is 0 Å². The fourth-order valence-electron chi connectivity index (χ4n) is 0.927. The number of hydrogen-bond acceptors (Lipinski definition) is 5.